The van der Waals surface area contributed by atoms with E-state index in [1.54, 1.807) is 11.8 Å². The number of para-hydroxylation sites is 2. The Morgan fingerprint density at radius 2 is 2.00 bits per heavy atom. The van der Waals surface area contributed by atoms with Gasteiger partial charge >= 0.3 is 0 Å². The number of nitrogens with one attached hydrogen (secondary N) is 1. The van der Waals surface area contributed by atoms with Gasteiger partial charge in [-0.05, 0) is 47.1 Å². The van der Waals surface area contributed by atoms with Crippen molar-refractivity contribution in [3.05, 3.63) is 58.5 Å². The highest BCUT2D eigenvalue weighted by molar-refractivity contribution is 9.10. The number of aromatic amines is 1. The van der Waals surface area contributed by atoms with Crippen molar-refractivity contribution >= 4 is 44.4 Å². The number of benzene rings is 1. The van der Waals surface area contributed by atoms with Crippen molar-refractivity contribution < 1.29 is 0 Å². The maximum absolute atomic E-state index is 4.70. The molecule has 0 aliphatic heterocycles. The smallest absolute Gasteiger partial charge is 0.166 e. The first kappa shape index (κ1) is 13.8. The number of aromatic nitrogens is 4. The zero-order valence-corrected chi connectivity index (χ0v) is 14.3. The molecule has 0 saturated heterocycles. The molecule has 22 heavy (non-hydrogen) atoms. The van der Waals surface area contributed by atoms with Crippen molar-refractivity contribution in [2.24, 2.45) is 0 Å². The van der Waals surface area contributed by atoms with Gasteiger partial charge < -0.3 is 4.98 Å². The standard InChI is InChI=1S/C16H13BrN4S/c1-10-5-4-8-14-18-13(15(17)21(10)14)9-22-16-19-11-6-2-3-7-12(11)20-16/h2-8H,9H2,1H3,(H,19,20). The van der Waals surface area contributed by atoms with Gasteiger partial charge in [-0.2, -0.15) is 0 Å². The number of aryl methyl sites for hydroxylation is 1. The number of pyridine rings is 1. The van der Waals surface area contributed by atoms with Gasteiger partial charge in [0.2, 0.25) is 0 Å². The van der Waals surface area contributed by atoms with Crippen LogP contribution in [0.1, 0.15) is 11.4 Å². The predicted molar refractivity (Wildman–Crippen MR) is 93.3 cm³/mol. The van der Waals surface area contributed by atoms with Crippen LogP contribution in [-0.4, -0.2) is 19.4 Å². The van der Waals surface area contributed by atoms with Gasteiger partial charge in [0.25, 0.3) is 0 Å². The molecule has 0 amide bonds. The summed E-state index contributed by atoms with van der Waals surface area (Å²) in [5.74, 6) is 0.765. The summed E-state index contributed by atoms with van der Waals surface area (Å²) in [6.45, 7) is 2.08. The fourth-order valence-electron chi connectivity index (χ4n) is 2.49. The number of thioether (sulfide) groups is 1. The first-order chi connectivity index (χ1) is 10.7. The Bertz CT molecular complexity index is 940. The van der Waals surface area contributed by atoms with Crippen molar-refractivity contribution in [2.75, 3.05) is 0 Å². The third kappa shape index (κ3) is 2.32. The molecular formula is C16H13BrN4S. The molecule has 3 aromatic heterocycles. The van der Waals surface area contributed by atoms with E-state index in [4.69, 9.17) is 4.98 Å². The second kappa shape index (κ2) is 5.44. The minimum Gasteiger partial charge on any atom is -0.333 e. The average molecular weight is 373 g/mol. The number of rotatable bonds is 3. The van der Waals surface area contributed by atoms with Gasteiger partial charge in [-0.3, -0.25) is 4.40 Å². The highest BCUT2D eigenvalue weighted by Crippen LogP contribution is 2.28. The van der Waals surface area contributed by atoms with E-state index in [9.17, 15) is 0 Å². The monoisotopic (exact) mass is 372 g/mol. The van der Waals surface area contributed by atoms with Crippen molar-refractivity contribution in [1.29, 1.82) is 0 Å². The van der Waals surface area contributed by atoms with Crippen LogP contribution in [0.4, 0.5) is 0 Å². The third-order valence-corrected chi connectivity index (χ3v) is 5.26. The van der Waals surface area contributed by atoms with Crippen LogP contribution < -0.4 is 0 Å². The second-order valence-corrected chi connectivity index (χ2v) is 6.77. The number of hydrogen-bond acceptors (Lipinski definition) is 3. The summed E-state index contributed by atoms with van der Waals surface area (Å²) in [6.07, 6.45) is 0. The molecule has 0 fully saturated rings. The van der Waals surface area contributed by atoms with E-state index in [2.05, 4.69) is 43.3 Å². The minimum atomic E-state index is 0.765. The van der Waals surface area contributed by atoms with Gasteiger partial charge in [0, 0.05) is 11.4 Å². The molecular weight excluding hydrogens is 360 g/mol. The van der Waals surface area contributed by atoms with E-state index in [1.165, 1.54) is 0 Å². The summed E-state index contributed by atoms with van der Waals surface area (Å²) in [6, 6.07) is 14.2. The molecule has 0 spiro atoms. The van der Waals surface area contributed by atoms with Gasteiger partial charge in [0.1, 0.15) is 10.3 Å². The molecule has 0 radical (unpaired) electrons. The van der Waals surface area contributed by atoms with Crippen LogP contribution in [0, 0.1) is 6.92 Å². The van der Waals surface area contributed by atoms with Crippen LogP contribution in [-0.2, 0) is 5.75 Å². The van der Waals surface area contributed by atoms with Crippen LogP contribution in [0.2, 0.25) is 0 Å². The molecule has 3 heterocycles. The maximum Gasteiger partial charge on any atom is 0.166 e. The lowest BCUT2D eigenvalue weighted by atomic mass is 10.3. The number of fused-ring (bicyclic) bond motifs is 2. The number of halogens is 1. The maximum atomic E-state index is 4.70. The summed E-state index contributed by atoms with van der Waals surface area (Å²) in [4.78, 5) is 12.6. The number of nitrogens with zero attached hydrogens (tertiary/aromatic N) is 3. The second-order valence-electron chi connectivity index (χ2n) is 5.06. The predicted octanol–water partition coefficient (Wildman–Crippen LogP) is 4.57. The quantitative estimate of drug-likeness (QED) is 0.535. The van der Waals surface area contributed by atoms with Crippen LogP contribution in [0.3, 0.4) is 0 Å². The SMILES string of the molecule is Cc1cccc2nc(CSc3nc4ccccc4[nH]3)c(Br)n12. The fourth-order valence-corrected chi connectivity index (χ4v) is 4.18. The van der Waals surface area contributed by atoms with Crippen LogP contribution in [0.5, 0.6) is 0 Å². The third-order valence-electron chi connectivity index (χ3n) is 3.56. The largest absolute Gasteiger partial charge is 0.333 e. The lowest BCUT2D eigenvalue weighted by molar-refractivity contribution is 1.06. The molecule has 0 saturated carbocycles. The minimum absolute atomic E-state index is 0.765. The van der Waals surface area contributed by atoms with E-state index in [0.29, 0.717) is 0 Å². The molecule has 0 aliphatic rings. The molecule has 0 aliphatic carbocycles. The van der Waals surface area contributed by atoms with Gasteiger partial charge in [-0.1, -0.05) is 30.0 Å². The molecule has 110 valence electrons. The number of H-pyrrole nitrogens is 1. The van der Waals surface area contributed by atoms with Crippen LogP contribution in [0.15, 0.2) is 52.2 Å². The molecule has 6 heteroatoms. The van der Waals surface area contributed by atoms with Crippen molar-refractivity contribution in [2.45, 2.75) is 17.8 Å². The number of imidazole rings is 2. The Balaban J connectivity index is 1.63. The summed E-state index contributed by atoms with van der Waals surface area (Å²) in [5, 5.41) is 0.918. The van der Waals surface area contributed by atoms with Crippen LogP contribution >= 0.6 is 27.7 Å². The van der Waals surface area contributed by atoms with Crippen molar-refractivity contribution in [3.63, 3.8) is 0 Å². The van der Waals surface area contributed by atoms with Gasteiger partial charge in [-0.15, -0.1) is 0 Å². The van der Waals surface area contributed by atoms with E-state index in [-0.39, 0.29) is 0 Å². The first-order valence-electron chi connectivity index (χ1n) is 6.92. The van der Waals surface area contributed by atoms with E-state index >= 15 is 0 Å². The summed E-state index contributed by atoms with van der Waals surface area (Å²) in [5.41, 5.74) is 5.22. The normalized spacial score (nSPS) is 11.5. The number of hydrogen-bond donors (Lipinski definition) is 1. The molecule has 0 bridgehead atoms. The zero-order chi connectivity index (χ0) is 15.1. The summed E-state index contributed by atoms with van der Waals surface area (Å²) in [7, 11) is 0. The topological polar surface area (TPSA) is 46.0 Å². The lowest BCUT2D eigenvalue weighted by Crippen LogP contribution is -1.90. The highest BCUT2D eigenvalue weighted by atomic mass is 79.9. The fraction of sp³-hybridized carbons (Fsp3) is 0.125. The van der Waals surface area contributed by atoms with Gasteiger partial charge in [0.05, 0.1) is 16.7 Å². The molecule has 1 aromatic carbocycles. The summed E-state index contributed by atoms with van der Waals surface area (Å²) >= 11 is 5.33. The van der Waals surface area contributed by atoms with E-state index in [1.807, 2.05) is 36.4 Å². The molecule has 0 unspecified atom stereocenters. The Kier molecular flexibility index (Phi) is 3.43. The van der Waals surface area contributed by atoms with E-state index in [0.717, 1.165) is 43.6 Å². The Labute approximate surface area is 140 Å². The molecule has 4 nitrogen and oxygen atoms in total. The summed E-state index contributed by atoms with van der Waals surface area (Å²) < 4.78 is 3.14. The van der Waals surface area contributed by atoms with Gasteiger partial charge in [-0.25, -0.2) is 9.97 Å². The average Bonchev–Trinajstić information content (AvgIpc) is 3.07. The van der Waals surface area contributed by atoms with E-state index < -0.39 is 0 Å². The molecule has 4 aromatic rings. The van der Waals surface area contributed by atoms with Crippen LogP contribution in [0.25, 0.3) is 16.7 Å². The Morgan fingerprint density at radius 3 is 2.82 bits per heavy atom. The Morgan fingerprint density at radius 1 is 1.14 bits per heavy atom. The van der Waals surface area contributed by atoms with Crippen molar-refractivity contribution in [1.82, 2.24) is 19.4 Å². The molecule has 4 rings (SSSR count). The molecule has 1 N–H and O–H groups in total. The lowest BCUT2D eigenvalue weighted by Gasteiger charge is -2.00. The van der Waals surface area contributed by atoms with Gasteiger partial charge in [0.15, 0.2) is 5.16 Å². The highest BCUT2D eigenvalue weighted by Gasteiger charge is 2.12. The molecule has 0 atom stereocenters. The zero-order valence-electron chi connectivity index (χ0n) is 11.9. The Hall–Kier alpha value is -1.79. The van der Waals surface area contributed by atoms with Crippen molar-refractivity contribution in [3.8, 4) is 0 Å². The first-order valence-corrected chi connectivity index (χ1v) is 8.70.